The molecule has 22 heavy (non-hydrogen) atoms. The fourth-order valence-electron chi connectivity index (χ4n) is 3.00. The van der Waals surface area contributed by atoms with Crippen LogP contribution >= 0.6 is 23.2 Å². The quantitative estimate of drug-likeness (QED) is 0.640. The smallest absolute Gasteiger partial charge is 0.123 e. The highest BCUT2D eigenvalue weighted by Gasteiger charge is 2.22. The Morgan fingerprint density at radius 1 is 0.818 bits per heavy atom. The highest BCUT2D eigenvalue weighted by atomic mass is 35.5. The lowest BCUT2D eigenvalue weighted by Crippen LogP contribution is -2.11. The number of allylic oxidation sites excluding steroid dienone is 2. The summed E-state index contributed by atoms with van der Waals surface area (Å²) < 4.78 is 0. The molecule has 0 amide bonds. The van der Waals surface area contributed by atoms with Gasteiger partial charge >= 0.3 is 0 Å². The average Bonchev–Trinajstić information content (AvgIpc) is 2.56. The highest BCUT2D eigenvalue weighted by Crippen LogP contribution is 2.40. The summed E-state index contributed by atoms with van der Waals surface area (Å²) >= 11 is 12.0. The van der Waals surface area contributed by atoms with E-state index >= 15 is 0 Å². The Morgan fingerprint density at radius 3 is 1.82 bits per heavy atom. The van der Waals surface area contributed by atoms with E-state index in [1.165, 1.54) is 16.7 Å². The van der Waals surface area contributed by atoms with Gasteiger partial charge in [0.05, 0.1) is 0 Å². The van der Waals surface area contributed by atoms with E-state index in [-0.39, 0.29) is 5.92 Å². The normalized spacial score (nSPS) is 18.4. The first-order valence-corrected chi connectivity index (χ1v) is 8.12. The molecule has 1 aliphatic rings. The number of hydrogen-bond acceptors (Lipinski definition) is 1. The minimum absolute atomic E-state index is 0.0988. The monoisotopic (exact) mass is 330 g/mol. The van der Waals surface area contributed by atoms with E-state index in [4.69, 9.17) is 23.2 Å². The van der Waals surface area contributed by atoms with E-state index in [1.54, 1.807) is 0 Å². The summed E-state index contributed by atoms with van der Waals surface area (Å²) in [6.07, 6.45) is 3.67. The van der Waals surface area contributed by atoms with Gasteiger partial charge in [-0.2, -0.15) is 0 Å². The van der Waals surface area contributed by atoms with Crippen LogP contribution in [0.25, 0.3) is 11.1 Å². The SMILES string of the molecule is O=CC1CCC(c2ccc(Cl)cc2)=C(c2ccc(Cl)cc2)C1. The van der Waals surface area contributed by atoms with Gasteiger partial charge in [0, 0.05) is 16.0 Å². The molecule has 0 heterocycles. The van der Waals surface area contributed by atoms with E-state index in [0.717, 1.165) is 41.2 Å². The zero-order valence-corrected chi connectivity index (χ0v) is 13.6. The second-order valence-corrected chi connectivity index (χ2v) is 6.48. The lowest BCUT2D eigenvalue weighted by molar-refractivity contribution is -0.111. The van der Waals surface area contributed by atoms with Crippen LogP contribution in [0.5, 0.6) is 0 Å². The van der Waals surface area contributed by atoms with E-state index in [1.807, 2.05) is 36.4 Å². The maximum Gasteiger partial charge on any atom is 0.123 e. The van der Waals surface area contributed by atoms with Crippen molar-refractivity contribution < 1.29 is 4.79 Å². The van der Waals surface area contributed by atoms with Crippen LogP contribution in [0.4, 0.5) is 0 Å². The minimum Gasteiger partial charge on any atom is -0.303 e. The molecule has 0 N–H and O–H groups in total. The third-order valence-corrected chi connectivity index (χ3v) is 4.68. The van der Waals surface area contributed by atoms with Crippen molar-refractivity contribution in [3.8, 4) is 0 Å². The Morgan fingerprint density at radius 2 is 1.32 bits per heavy atom. The summed E-state index contributed by atoms with van der Waals surface area (Å²) in [6, 6.07) is 15.8. The summed E-state index contributed by atoms with van der Waals surface area (Å²) in [6.45, 7) is 0. The van der Waals surface area contributed by atoms with Crippen molar-refractivity contribution in [1.29, 1.82) is 0 Å². The van der Waals surface area contributed by atoms with Gasteiger partial charge in [0.1, 0.15) is 6.29 Å². The molecule has 0 spiro atoms. The average molecular weight is 331 g/mol. The summed E-state index contributed by atoms with van der Waals surface area (Å²) in [7, 11) is 0. The highest BCUT2D eigenvalue weighted by molar-refractivity contribution is 6.31. The molecule has 112 valence electrons. The molecule has 0 fully saturated rings. The van der Waals surface area contributed by atoms with Crippen molar-refractivity contribution in [2.24, 2.45) is 5.92 Å². The molecular weight excluding hydrogens is 315 g/mol. The number of hydrogen-bond donors (Lipinski definition) is 0. The summed E-state index contributed by atoms with van der Waals surface area (Å²) in [4.78, 5) is 11.2. The van der Waals surface area contributed by atoms with Crippen molar-refractivity contribution >= 4 is 40.6 Å². The van der Waals surface area contributed by atoms with Crippen LogP contribution in [0.3, 0.4) is 0 Å². The molecule has 0 saturated carbocycles. The van der Waals surface area contributed by atoms with Crippen LogP contribution < -0.4 is 0 Å². The first kappa shape index (κ1) is 15.3. The van der Waals surface area contributed by atoms with E-state index in [2.05, 4.69) is 12.1 Å². The van der Waals surface area contributed by atoms with Crippen LogP contribution in [0.15, 0.2) is 48.5 Å². The predicted octanol–water partition coefficient (Wildman–Crippen LogP) is 5.90. The molecule has 3 heteroatoms. The fourth-order valence-corrected chi connectivity index (χ4v) is 3.25. The third kappa shape index (κ3) is 3.26. The molecule has 0 saturated heterocycles. The van der Waals surface area contributed by atoms with E-state index < -0.39 is 0 Å². The van der Waals surface area contributed by atoms with Crippen molar-refractivity contribution in [2.75, 3.05) is 0 Å². The molecular formula is C19H16Cl2O. The number of aldehydes is 1. The van der Waals surface area contributed by atoms with Crippen molar-refractivity contribution in [3.05, 3.63) is 69.7 Å². The maximum absolute atomic E-state index is 11.2. The van der Waals surface area contributed by atoms with Gasteiger partial charge in [-0.1, -0.05) is 47.5 Å². The van der Waals surface area contributed by atoms with Crippen molar-refractivity contribution in [2.45, 2.75) is 19.3 Å². The lowest BCUT2D eigenvalue weighted by Gasteiger charge is -2.25. The zero-order valence-electron chi connectivity index (χ0n) is 12.1. The standard InChI is InChI=1S/C19H16Cl2O/c20-16-6-2-14(3-7-16)18-10-1-13(12-22)11-19(18)15-4-8-17(21)9-5-15/h2-9,12-13H,1,10-11H2. The van der Waals surface area contributed by atoms with Gasteiger partial charge in [-0.05, 0) is 65.8 Å². The minimum atomic E-state index is 0.0988. The Kier molecular flexibility index (Phi) is 4.66. The van der Waals surface area contributed by atoms with Gasteiger partial charge in [-0.15, -0.1) is 0 Å². The van der Waals surface area contributed by atoms with Crippen molar-refractivity contribution in [3.63, 3.8) is 0 Å². The third-order valence-electron chi connectivity index (χ3n) is 4.17. The second kappa shape index (κ2) is 6.68. The van der Waals surface area contributed by atoms with Crippen molar-refractivity contribution in [1.82, 2.24) is 0 Å². The molecule has 2 aromatic rings. The fraction of sp³-hybridized carbons (Fsp3) is 0.211. The van der Waals surface area contributed by atoms with Crippen LogP contribution in [0.2, 0.25) is 10.0 Å². The summed E-state index contributed by atoms with van der Waals surface area (Å²) in [5.74, 6) is 0.0988. The number of rotatable bonds is 3. The Hall–Kier alpha value is -1.57. The van der Waals surface area contributed by atoms with Gasteiger partial charge in [0.2, 0.25) is 0 Å². The molecule has 0 aromatic heterocycles. The second-order valence-electron chi connectivity index (χ2n) is 5.61. The molecule has 0 bridgehead atoms. The first-order valence-electron chi connectivity index (χ1n) is 7.36. The summed E-state index contributed by atoms with van der Waals surface area (Å²) in [5.41, 5.74) is 4.86. The maximum atomic E-state index is 11.2. The molecule has 3 rings (SSSR count). The van der Waals surface area contributed by atoms with Crippen LogP contribution in [0.1, 0.15) is 30.4 Å². The first-order chi connectivity index (χ1) is 10.7. The largest absolute Gasteiger partial charge is 0.303 e. The number of carbonyl (C=O) groups is 1. The number of halogens is 2. The topological polar surface area (TPSA) is 17.1 Å². The van der Waals surface area contributed by atoms with Crippen LogP contribution in [-0.2, 0) is 4.79 Å². The lowest BCUT2D eigenvalue weighted by atomic mass is 9.79. The molecule has 1 nitrogen and oxygen atoms in total. The molecule has 1 atom stereocenters. The van der Waals surface area contributed by atoms with Gasteiger partial charge in [-0.3, -0.25) is 0 Å². The number of benzene rings is 2. The van der Waals surface area contributed by atoms with Gasteiger partial charge < -0.3 is 4.79 Å². The Balaban J connectivity index is 2.08. The molecule has 2 aromatic carbocycles. The van der Waals surface area contributed by atoms with Crippen LogP contribution in [0, 0.1) is 5.92 Å². The van der Waals surface area contributed by atoms with E-state index in [0.29, 0.717) is 0 Å². The summed E-state index contributed by atoms with van der Waals surface area (Å²) in [5, 5.41) is 1.46. The molecule has 0 radical (unpaired) electrons. The van der Waals surface area contributed by atoms with Gasteiger partial charge in [0.15, 0.2) is 0 Å². The molecule has 0 aliphatic heterocycles. The molecule has 1 unspecified atom stereocenters. The Labute approximate surface area is 140 Å². The zero-order chi connectivity index (χ0) is 15.5. The number of carbonyl (C=O) groups excluding carboxylic acids is 1. The van der Waals surface area contributed by atoms with Gasteiger partial charge in [0.25, 0.3) is 0 Å². The van der Waals surface area contributed by atoms with Crippen LogP contribution in [-0.4, -0.2) is 6.29 Å². The van der Waals surface area contributed by atoms with E-state index in [9.17, 15) is 4.79 Å². The Bertz CT molecular complexity index is 699. The van der Waals surface area contributed by atoms with Gasteiger partial charge in [-0.25, -0.2) is 0 Å². The molecule has 1 aliphatic carbocycles. The predicted molar refractivity (Wildman–Crippen MR) is 93.1 cm³/mol.